The molecule has 5 nitrogen and oxygen atoms in total. The molecule has 2 fully saturated rings. The lowest BCUT2D eigenvalue weighted by Gasteiger charge is -2.35. The molecule has 2 aliphatic rings. The number of amides is 1. The van der Waals surface area contributed by atoms with E-state index in [9.17, 15) is 14.7 Å². The number of methoxy groups -OCH3 is 1. The number of benzene rings is 2. The maximum absolute atomic E-state index is 13.3. The topological polar surface area (TPSA) is 66.8 Å². The van der Waals surface area contributed by atoms with Gasteiger partial charge in [0.1, 0.15) is 11.5 Å². The normalized spacial score (nSPS) is 21.2. The SMILES string of the molecule is COc1c(Cl)cc(C)cc1/C(O)=C1\C(=O)C(=O)N(C2CCCCC2)C1c1ccc(Cl)cc1. The van der Waals surface area contributed by atoms with E-state index in [1.54, 1.807) is 41.3 Å². The van der Waals surface area contributed by atoms with Crippen molar-refractivity contribution in [1.82, 2.24) is 4.90 Å². The molecule has 168 valence electrons. The van der Waals surface area contributed by atoms with Gasteiger partial charge >= 0.3 is 0 Å². The zero-order valence-electron chi connectivity index (χ0n) is 18.0. The molecule has 1 saturated heterocycles. The summed E-state index contributed by atoms with van der Waals surface area (Å²) in [6.45, 7) is 1.83. The second kappa shape index (κ2) is 9.16. The molecule has 1 heterocycles. The van der Waals surface area contributed by atoms with E-state index in [0.717, 1.165) is 43.2 Å². The number of ether oxygens (including phenoxy) is 1. The first-order chi connectivity index (χ1) is 15.3. The van der Waals surface area contributed by atoms with E-state index >= 15 is 0 Å². The van der Waals surface area contributed by atoms with Crippen molar-refractivity contribution in [3.05, 3.63) is 68.7 Å². The Hall–Kier alpha value is -2.50. The molecule has 2 aromatic rings. The minimum absolute atomic E-state index is 0.0443. The Morgan fingerprint density at radius 2 is 1.72 bits per heavy atom. The number of carbonyl (C=O) groups is 2. The first-order valence-corrected chi connectivity index (χ1v) is 11.5. The van der Waals surface area contributed by atoms with Gasteiger partial charge in [0.05, 0.1) is 29.3 Å². The highest BCUT2D eigenvalue weighted by molar-refractivity contribution is 6.46. The molecule has 1 amide bonds. The van der Waals surface area contributed by atoms with Crippen LogP contribution in [0.1, 0.15) is 54.8 Å². The summed E-state index contributed by atoms with van der Waals surface area (Å²) in [6.07, 6.45) is 4.78. The summed E-state index contributed by atoms with van der Waals surface area (Å²) < 4.78 is 5.42. The second-order valence-corrected chi connectivity index (χ2v) is 9.22. The second-order valence-electron chi connectivity index (χ2n) is 8.38. The van der Waals surface area contributed by atoms with E-state index in [2.05, 4.69) is 0 Å². The van der Waals surface area contributed by atoms with Crippen molar-refractivity contribution in [2.24, 2.45) is 0 Å². The van der Waals surface area contributed by atoms with Crippen molar-refractivity contribution in [2.75, 3.05) is 7.11 Å². The van der Waals surface area contributed by atoms with Gasteiger partial charge in [0.25, 0.3) is 11.7 Å². The predicted octanol–water partition coefficient (Wildman–Crippen LogP) is 6.06. The Kier molecular flexibility index (Phi) is 6.50. The van der Waals surface area contributed by atoms with Crippen LogP contribution >= 0.6 is 23.2 Å². The molecular formula is C25H25Cl2NO4. The molecule has 7 heteroatoms. The number of likely N-dealkylation sites (tertiary alicyclic amines) is 1. The molecule has 0 aromatic heterocycles. The molecule has 0 bridgehead atoms. The van der Waals surface area contributed by atoms with Crippen LogP contribution in [-0.2, 0) is 9.59 Å². The van der Waals surface area contributed by atoms with Crippen molar-refractivity contribution < 1.29 is 19.4 Å². The third kappa shape index (κ3) is 4.00. The molecule has 0 radical (unpaired) electrons. The van der Waals surface area contributed by atoms with Gasteiger partial charge in [-0.2, -0.15) is 0 Å². The fourth-order valence-electron chi connectivity index (χ4n) is 4.82. The van der Waals surface area contributed by atoms with Crippen molar-refractivity contribution in [1.29, 1.82) is 0 Å². The smallest absolute Gasteiger partial charge is 0.295 e. The Bertz CT molecular complexity index is 1090. The van der Waals surface area contributed by atoms with Gasteiger partial charge in [0.15, 0.2) is 0 Å². The highest BCUT2D eigenvalue weighted by Gasteiger charge is 2.49. The third-order valence-corrected chi connectivity index (χ3v) is 6.81. The molecular weight excluding hydrogens is 449 g/mol. The molecule has 1 N–H and O–H groups in total. The number of nitrogens with zero attached hydrogens (tertiary/aromatic N) is 1. The first-order valence-electron chi connectivity index (χ1n) is 10.7. The van der Waals surface area contributed by atoms with Crippen molar-refractivity contribution in [3.63, 3.8) is 0 Å². The summed E-state index contributed by atoms with van der Waals surface area (Å²) in [5.74, 6) is -1.32. The zero-order valence-corrected chi connectivity index (χ0v) is 19.5. The lowest BCUT2D eigenvalue weighted by atomic mass is 9.90. The van der Waals surface area contributed by atoms with Gasteiger partial charge in [0.2, 0.25) is 0 Å². The summed E-state index contributed by atoms with van der Waals surface area (Å²) in [5.41, 5.74) is 1.85. The lowest BCUT2D eigenvalue weighted by Crippen LogP contribution is -2.40. The number of Topliss-reactive ketones (excluding diaryl/α,β-unsaturated/α-hetero) is 1. The number of hydrogen-bond donors (Lipinski definition) is 1. The Labute approximate surface area is 197 Å². The van der Waals surface area contributed by atoms with Gasteiger partial charge in [-0.1, -0.05) is 54.6 Å². The van der Waals surface area contributed by atoms with E-state index in [1.165, 1.54) is 7.11 Å². The molecule has 2 aromatic carbocycles. The van der Waals surface area contributed by atoms with Crippen molar-refractivity contribution >= 4 is 40.7 Å². The van der Waals surface area contributed by atoms with E-state index in [1.807, 2.05) is 6.92 Å². The maximum atomic E-state index is 13.3. The maximum Gasteiger partial charge on any atom is 0.295 e. The number of ketones is 1. The Morgan fingerprint density at radius 3 is 2.34 bits per heavy atom. The van der Waals surface area contributed by atoms with Crippen LogP contribution in [0, 0.1) is 6.92 Å². The highest BCUT2D eigenvalue weighted by atomic mass is 35.5. The standard InChI is InChI=1S/C25H25Cl2NO4/c1-14-12-18(24(32-2)19(27)13-14)22(29)20-21(15-8-10-16(26)11-9-15)28(25(31)23(20)30)17-6-4-3-5-7-17/h8-13,17,21,29H,3-7H2,1-2H3/b22-20+. The molecule has 32 heavy (non-hydrogen) atoms. The number of hydrogen-bond acceptors (Lipinski definition) is 4. The molecule has 1 aliphatic carbocycles. The average molecular weight is 474 g/mol. The van der Waals surface area contributed by atoms with Gasteiger partial charge < -0.3 is 14.7 Å². The minimum atomic E-state index is -0.709. The number of rotatable bonds is 4. The van der Waals surface area contributed by atoms with Crippen molar-refractivity contribution in [3.8, 4) is 5.75 Å². The molecule has 0 spiro atoms. The summed E-state index contributed by atoms with van der Waals surface area (Å²) >= 11 is 12.4. The van der Waals surface area contributed by atoms with E-state index in [0.29, 0.717) is 10.0 Å². The highest BCUT2D eigenvalue weighted by Crippen LogP contribution is 2.45. The first kappa shape index (κ1) is 22.7. The summed E-state index contributed by atoms with van der Waals surface area (Å²) in [6, 6.07) is 9.68. The molecule has 1 aliphatic heterocycles. The monoisotopic (exact) mass is 473 g/mol. The summed E-state index contributed by atoms with van der Waals surface area (Å²) in [7, 11) is 1.45. The number of halogens is 2. The molecule has 4 rings (SSSR count). The quantitative estimate of drug-likeness (QED) is 0.332. The molecule has 1 unspecified atom stereocenters. The van der Waals surface area contributed by atoms with Crippen LogP contribution in [0.4, 0.5) is 0 Å². The van der Waals surface area contributed by atoms with E-state index in [4.69, 9.17) is 27.9 Å². The van der Waals surface area contributed by atoms with Crippen LogP contribution in [0.2, 0.25) is 10.0 Å². The third-order valence-electron chi connectivity index (χ3n) is 6.28. The van der Waals surface area contributed by atoms with Crippen LogP contribution in [0.3, 0.4) is 0 Å². The van der Waals surface area contributed by atoms with Crippen molar-refractivity contribution in [2.45, 2.75) is 51.1 Å². The van der Waals surface area contributed by atoms with Crippen LogP contribution in [0.15, 0.2) is 42.0 Å². The fourth-order valence-corrected chi connectivity index (χ4v) is 5.29. The largest absolute Gasteiger partial charge is 0.507 e. The van der Waals surface area contributed by atoms with Gasteiger partial charge in [-0.05, 0) is 55.2 Å². The van der Waals surface area contributed by atoms with Crippen LogP contribution in [-0.4, -0.2) is 34.8 Å². The predicted molar refractivity (Wildman–Crippen MR) is 125 cm³/mol. The van der Waals surface area contributed by atoms with Gasteiger partial charge in [-0.3, -0.25) is 9.59 Å². The number of aryl methyl sites for hydroxylation is 1. The van der Waals surface area contributed by atoms with Gasteiger partial charge in [-0.15, -0.1) is 0 Å². The Balaban J connectivity index is 1.93. The number of aliphatic hydroxyl groups is 1. The van der Waals surface area contributed by atoms with E-state index in [-0.39, 0.29) is 28.7 Å². The van der Waals surface area contributed by atoms with Crippen LogP contribution in [0.25, 0.3) is 5.76 Å². The minimum Gasteiger partial charge on any atom is -0.507 e. The lowest BCUT2D eigenvalue weighted by molar-refractivity contribution is -0.141. The molecule has 1 saturated carbocycles. The summed E-state index contributed by atoms with van der Waals surface area (Å²) in [5, 5.41) is 12.3. The van der Waals surface area contributed by atoms with Crippen LogP contribution < -0.4 is 4.74 Å². The zero-order chi connectivity index (χ0) is 23.0. The van der Waals surface area contributed by atoms with Crippen LogP contribution in [0.5, 0.6) is 5.75 Å². The molecule has 1 atom stereocenters. The van der Waals surface area contributed by atoms with Gasteiger partial charge in [-0.25, -0.2) is 0 Å². The number of aliphatic hydroxyl groups excluding tert-OH is 1. The Morgan fingerprint density at radius 1 is 1.06 bits per heavy atom. The number of carbonyl (C=O) groups excluding carboxylic acids is 2. The van der Waals surface area contributed by atoms with Gasteiger partial charge in [0, 0.05) is 11.1 Å². The van der Waals surface area contributed by atoms with E-state index < -0.39 is 17.7 Å². The summed E-state index contributed by atoms with van der Waals surface area (Å²) in [4.78, 5) is 28.2. The average Bonchev–Trinajstić information content (AvgIpc) is 3.04. The fraction of sp³-hybridized carbons (Fsp3) is 0.360.